The zero-order valence-corrected chi connectivity index (χ0v) is 16.7. The average Bonchev–Trinajstić information content (AvgIpc) is 2.64. The first kappa shape index (κ1) is 36.6. The van der Waals surface area contributed by atoms with E-state index in [2.05, 4.69) is 12.6 Å². The molecule has 0 amide bonds. The van der Waals surface area contributed by atoms with Crippen molar-refractivity contribution < 1.29 is 110 Å². The molecule has 0 N–H and O–H groups in total. The lowest BCUT2D eigenvalue weighted by molar-refractivity contribution is -0.480. The predicted molar refractivity (Wildman–Crippen MR) is 68.1 cm³/mol. The van der Waals surface area contributed by atoms with E-state index < -0.39 is 70.7 Å². The molecule has 229 valence electrons. The third-order valence-electron chi connectivity index (χ3n) is 4.27. The van der Waals surface area contributed by atoms with Gasteiger partial charge in [-0.15, -0.1) is 0 Å². The molecule has 0 aromatic carbocycles. The van der Waals surface area contributed by atoms with Crippen molar-refractivity contribution in [3.8, 4) is 0 Å². The van der Waals surface area contributed by atoms with Gasteiger partial charge in [-0.05, 0) is 12.6 Å². The van der Waals surface area contributed by atoms with Crippen molar-refractivity contribution in [3.05, 3.63) is 0 Å². The highest BCUT2D eigenvalue weighted by Gasteiger charge is 2.99. The molecule has 38 heavy (non-hydrogen) atoms. The third kappa shape index (κ3) is 4.10. The SMILES string of the molecule is FC(F)(F)C(F)(F)C(F)(F)C(F)(F)C(F)(F)C(F)(F)C(F)(F)C(F)(F)C(F)(F)C(F)(F)C(F)(F)C(F)(F)[S]. The summed E-state index contributed by atoms with van der Waals surface area (Å²) in [5.74, 6) is -91.4. The van der Waals surface area contributed by atoms with Crippen molar-refractivity contribution in [2.24, 2.45) is 0 Å². The number of hydrogen-bond donors (Lipinski definition) is 0. The van der Waals surface area contributed by atoms with E-state index in [1.807, 2.05) is 0 Å². The minimum absolute atomic E-state index is 2.20. The molecule has 0 aliphatic rings. The van der Waals surface area contributed by atoms with Crippen LogP contribution in [-0.4, -0.2) is 70.7 Å². The molecular weight excluding hydrogens is 651 g/mol. The number of alkyl halides is 25. The Morgan fingerprint density at radius 3 is 0.474 bits per heavy atom. The fourth-order valence-electron chi connectivity index (χ4n) is 1.94. The van der Waals surface area contributed by atoms with Crippen LogP contribution in [0.2, 0.25) is 0 Å². The maximum Gasteiger partial charge on any atom is 0.460 e. The predicted octanol–water partition coefficient (Wildman–Crippen LogP) is 8.69. The van der Waals surface area contributed by atoms with Crippen molar-refractivity contribution in [2.45, 2.75) is 70.7 Å². The van der Waals surface area contributed by atoms with Crippen LogP contribution in [0.15, 0.2) is 0 Å². The Balaban J connectivity index is 7.29. The Kier molecular flexibility index (Phi) is 8.24. The highest BCUT2D eigenvalue weighted by molar-refractivity contribution is 7.81. The molecule has 0 spiro atoms. The highest BCUT2D eigenvalue weighted by atomic mass is 32.1. The molecular formula is C12F25S. The summed E-state index contributed by atoms with van der Waals surface area (Å²) in [4.78, 5) is 0. The first-order valence-electron chi connectivity index (χ1n) is 7.68. The topological polar surface area (TPSA) is 0 Å². The van der Waals surface area contributed by atoms with Gasteiger partial charge in [0.1, 0.15) is 0 Å². The van der Waals surface area contributed by atoms with Gasteiger partial charge in [0.05, 0.1) is 0 Å². The lowest BCUT2D eigenvalue weighted by atomic mass is 9.85. The molecule has 1 radical (unpaired) electrons. The second-order valence-electron chi connectivity index (χ2n) is 6.76. The maximum atomic E-state index is 13.4. The van der Waals surface area contributed by atoms with Crippen LogP contribution in [0.3, 0.4) is 0 Å². The van der Waals surface area contributed by atoms with Crippen LogP contribution in [0, 0.1) is 0 Å². The Morgan fingerprint density at radius 1 is 0.211 bits per heavy atom. The molecule has 0 aromatic rings. The Hall–Kier alpha value is -1.40. The highest BCUT2D eigenvalue weighted by Crippen LogP contribution is 2.67. The summed E-state index contributed by atoms with van der Waals surface area (Å²) in [5.41, 5.74) is 0. The normalized spacial score (nSPS) is 17.2. The number of hydrogen-bond acceptors (Lipinski definition) is 0. The standard InChI is InChI=1S/C12F25S/c13-1(14,3(17,18)5(21,22)7(25,26)9(29,30)11(33,34)35)2(15,16)4(19,20)6(23,24)8(27,28)10(31,32)12(36,37)38. The minimum atomic E-state index is -9.58. The van der Waals surface area contributed by atoms with E-state index in [-0.39, 0.29) is 0 Å². The molecule has 0 rings (SSSR count). The van der Waals surface area contributed by atoms with Gasteiger partial charge in [0, 0.05) is 0 Å². The average molecular weight is 651 g/mol. The molecule has 0 aromatic heterocycles. The molecule has 0 fully saturated rings. The molecule has 0 saturated carbocycles. The van der Waals surface area contributed by atoms with Crippen LogP contribution in [0.1, 0.15) is 0 Å². The summed E-state index contributed by atoms with van der Waals surface area (Å²) in [6.07, 6.45) is -8.16. The fourth-order valence-corrected chi connectivity index (χ4v) is 2.07. The second kappa shape index (κ2) is 8.55. The lowest BCUT2D eigenvalue weighted by Gasteiger charge is -2.45. The van der Waals surface area contributed by atoms with E-state index in [1.54, 1.807) is 0 Å². The van der Waals surface area contributed by atoms with E-state index in [1.165, 1.54) is 0 Å². The maximum absolute atomic E-state index is 13.4. The van der Waals surface area contributed by atoms with Crippen LogP contribution in [0.4, 0.5) is 110 Å². The summed E-state index contributed by atoms with van der Waals surface area (Å²) in [6, 6.07) is 0. The van der Waals surface area contributed by atoms with Crippen molar-refractivity contribution in [2.75, 3.05) is 0 Å². The van der Waals surface area contributed by atoms with Crippen LogP contribution in [0.25, 0.3) is 0 Å². The van der Waals surface area contributed by atoms with Gasteiger partial charge >= 0.3 is 70.7 Å². The van der Waals surface area contributed by atoms with E-state index in [0.717, 1.165) is 0 Å². The van der Waals surface area contributed by atoms with E-state index in [0.29, 0.717) is 0 Å². The minimum Gasteiger partial charge on any atom is -0.192 e. The van der Waals surface area contributed by atoms with Gasteiger partial charge in [-0.2, -0.15) is 110 Å². The first-order chi connectivity index (χ1) is 15.8. The molecule has 0 unspecified atom stereocenters. The zero-order valence-electron chi connectivity index (χ0n) is 15.9. The van der Waals surface area contributed by atoms with Crippen molar-refractivity contribution in [1.82, 2.24) is 0 Å². The Morgan fingerprint density at radius 2 is 0.342 bits per heavy atom. The molecule has 0 aliphatic carbocycles. The van der Waals surface area contributed by atoms with Crippen molar-refractivity contribution in [1.29, 1.82) is 0 Å². The summed E-state index contributed by atoms with van der Waals surface area (Å²) in [6.45, 7) is 0. The Labute approximate surface area is 194 Å². The summed E-state index contributed by atoms with van der Waals surface area (Å²) in [7, 11) is 0. The van der Waals surface area contributed by atoms with Gasteiger partial charge < -0.3 is 0 Å². The number of halogens is 25. The molecule has 0 heterocycles. The van der Waals surface area contributed by atoms with Gasteiger partial charge in [-0.25, -0.2) is 0 Å². The van der Waals surface area contributed by atoms with Crippen molar-refractivity contribution in [3.63, 3.8) is 0 Å². The van der Waals surface area contributed by atoms with Gasteiger partial charge in [0.2, 0.25) is 0 Å². The fraction of sp³-hybridized carbons (Fsp3) is 1.00. The summed E-state index contributed by atoms with van der Waals surface area (Å²) < 4.78 is 323. The van der Waals surface area contributed by atoms with Crippen LogP contribution in [-0.2, 0) is 0 Å². The smallest absolute Gasteiger partial charge is 0.192 e. The summed E-state index contributed by atoms with van der Waals surface area (Å²) in [5, 5.41) is -7.10. The van der Waals surface area contributed by atoms with Crippen molar-refractivity contribution >= 4 is 12.6 Å². The van der Waals surface area contributed by atoms with Gasteiger partial charge in [0.15, 0.2) is 0 Å². The van der Waals surface area contributed by atoms with E-state index in [9.17, 15) is 110 Å². The third-order valence-corrected chi connectivity index (χ3v) is 4.53. The monoisotopic (exact) mass is 651 g/mol. The van der Waals surface area contributed by atoms with Crippen LogP contribution in [0.5, 0.6) is 0 Å². The van der Waals surface area contributed by atoms with E-state index in [4.69, 9.17) is 0 Å². The van der Waals surface area contributed by atoms with E-state index >= 15 is 0 Å². The van der Waals surface area contributed by atoms with Gasteiger partial charge in [-0.3, -0.25) is 0 Å². The molecule has 26 heteroatoms. The summed E-state index contributed by atoms with van der Waals surface area (Å²) >= 11 is 2.20. The number of rotatable bonds is 10. The Bertz CT molecular complexity index is 798. The zero-order chi connectivity index (χ0) is 32.0. The molecule has 0 saturated heterocycles. The molecule has 0 aliphatic heterocycles. The molecule has 0 atom stereocenters. The largest absolute Gasteiger partial charge is 0.460 e. The quantitative estimate of drug-likeness (QED) is 0.208. The van der Waals surface area contributed by atoms with Crippen LogP contribution >= 0.6 is 12.6 Å². The van der Waals surface area contributed by atoms with Gasteiger partial charge in [0.25, 0.3) is 0 Å². The van der Waals surface area contributed by atoms with Crippen LogP contribution < -0.4 is 0 Å². The molecule has 0 nitrogen and oxygen atoms in total. The van der Waals surface area contributed by atoms with Gasteiger partial charge in [-0.1, -0.05) is 0 Å². The molecule has 0 bridgehead atoms. The second-order valence-corrected chi connectivity index (χ2v) is 7.27. The lowest BCUT2D eigenvalue weighted by Crippen LogP contribution is -2.78. The first-order valence-corrected chi connectivity index (χ1v) is 8.09.